The third-order valence-corrected chi connectivity index (χ3v) is 3.12. The van der Waals surface area contributed by atoms with E-state index in [1.165, 1.54) is 14.0 Å². The second kappa shape index (κ2) is 3.74. The van der Waals surface area contributed by atoms with Gasteiger partial charge in [0.25, 0.3) is 9.05 Å². The molecule has 1 rings (SSSR count). The molecule has 0 aliphatic carbocycles. The van der Waals surface area contributed by atoms with E-state index in [-0.39, 0.29) is 16.2 Å². The Bertz CT molecular complexity index is 456. The maximum Gasteiger partial charge on any atom is 0.264 e. The van der Waals surface area contributed by atoms with E-state index in [1.54, 1.807) is 0 Å². The predicted molar refractivity (Wildman–Crippen MR) is 50.7 cm³/mol. The second-order valence-corrected chi connectivity index (χ2v) is 5.18. The molecule has 0 atom stereocenters. The van der Waals surface area contributed by atoms with E-state index in [4.69, 9.17) is 15.4 Å². The molecule has 0 spiro atoms. The highest BCUT2D eigenvalue weighted by Crippen LogP contribution is 2.31. The molecule has 0 heterocycles. The molecule has 0 aliphatic rings. The minimum absolute atomic E-state index is 0.0556. The van der Waals surface area contributed by atoms with Crippen LogP contribution in [0.25, 0.3) is 0 Å². The van der Waals surface area contributed by atoms with Gasteiger partial charge >= 0.3 is 0 Å². The number of rotatable bonds is 2. The van der Waals surface area contributed by atoms with Gasteiger partial charge in [-0.15, -0.1) is 0 Å². The van der Waals surface area contributed by atoms with Gasteiger partial charge in [0.1, 0.15) is 16.5 Å². The zero-order chi connectivity index (χ0) is 10.9. The lowest BCUT2D eigenvalue weighted by Crippen LogP contribution is -1.99. The first-order valence-corrected chi connectivity index (χ1v) is 5.96. The van der Waals surface area contributed by atoms with Gasteiger partial charge in [-0.2, -0.15) is 0 Å². The topological polar surface area (TPSA) is 43.4 Å². The van der Waals surface area contributed by atoms with Crippen LogP contribution in [0.2, 0.25) is 0 Å². The van der Waals surface area contributed by atoms with Crippen LogP contribution in [0, 0.1) is 12.7 Å². The monoisotopic (exact) mass is 238 g/mol. The van der Waals surface area contributed by atoms with Crippen molar-refractivity contribution in [1.29, 1.82) is 0 Å². The van der Waals surface area contributed by atoms with Gasteiger partial charge in [-0.1, -0.05) is 0 Å². The zero-order valence-electron chi connectivity index (χ0n) is 7.54. The molecule has 0 saturated heterocycles. The molecule has 0 unspecified atom stereocenters. The highest BCUT2D eigenvalue weighted by Gasteiger charge is 2.19. The molecule has 0 amide bonds. The van der Waals surface area contributed by atoms with Crippen molar-refractivity contribution in [2.75, 3.05) is 7.11 Å². The second-order valence-electron chi connectivity index (χ2n) is 2.64. The van der Waals surface area contributed by atoms with Crippen LogP contribution in [0.15, 0.2) is 17.0 Å². The molecule has 0 radical (unpaired) electrons. The van der Waals surface area contributed by atoms with Gasteiger partial charge in [0.05, 0.1) is 7.11 Å². The summed E-state index contributed by atoms with van der Waals surface area (Å²) < 4.78 is 39.9. The molecule has 0 bridgehead atoms. The predicted octanol–water partition coefficient (Wildman–Crippen LogP) is 2.07. The molecule has 1 aromatic rings. The lowest BCUT2D eigenvalue weighted by molar-refractivity contribution is 0.395. The van der Waals surface area contributed by atoms with Gasteiger partial charge < -0.3 is 4.74 Å². The van der Waals surface area contributed by atoms with Crippen LogP contribution >= 0.6 is 10.7 Å². The summed E-state index contributed by atoms with van der Waals surface area (Å²) in [6.07, 6.45) is 0. The van der Waals surface area contributed by atoms with Crippen LogP contribution in [0.5, 0.6) is 5.75 Å². The molecule has 0 saturated carbocycles. The van der Waals surface area contributed by atoms with Crippen molar-refractivity contribution in [3.63, 3.8) is 0 Å². The molecule has 0 fully saturated rings. The van der Waals surface area contributed by atoms with Crippen LogP contribution in [-0.4, -0.2) is 15.5 Å². The minimum atomic E-state index is -3.90. The minimum Gasteiger partial charge on any atom is -0.495 e. The van der Waals surface area contributed by atoms with E-state index in [1.807, 2.05) is 0 Å². The lowest BCUT2D eigenvalue weighted by Gasteiger charge is -2.08. The van der Waals surface area contributed by atoms with Crippen molar-refractivity contribution in [3.05, 3.63) is 23.5 Å². The van der Waals surface area contributed by atoms with E-state index >= 15 is 0 Å². The molecule has 1 aromatic carbocycles. The van der Waals surface area contributed by atoms with Crippen LogP contribution in [0.4, 0.5) is 4.39 Å². The summed E-state index contributed by atoms with van der Waals surface area (Å²) in [7, 11) is 2.49. The van der Waals surface area contributed by atoms with Crippen molar-refractivity contribution in [1.82, 2.24) is 0 Å². The molecular formula is C8H8ClFO3S. The van der Waals surface area contributed by atoms with Crippen LogP contribution in [0.3, 0.4) is 0 Å². The average Bonchev–Trinajstić information content (AvgIpc) is 2.07. The average molecular weight is 239 g/mol. The van der Waals surface area contributed by atoms with E-state index in [9.17, 15) is 12.8 Å². The number of hydrogen-bond acceptors (Lipinski definition) is 3. The first kappa shape index (κ1) is 11.3. The normalized spacial score (nSPS) is 11.4. The Morgan fingerprint density at radius 2 is 2.00 bits per heavy atom. The summed E-state index contributed by atoms with van der Waals surface area (Å²) in [6, 6.07) is 2.11. The number of hydrogen-bond donors (Lipinski definition) is 0. The van der Waals surface area contributed by atoms with Gasteiger partial charge in [-0.05, 0) is 19.1 Å². The van der Waals surface area contributed by atoms with Crippen molar-refractivity contribution in [2.45, 2.75) is 11.8 Å². The fraction of sp³-hybridized carbons (Fsp3) is 0.250. The highest BCUT2D eigenvalue weighted by atomic mass is 35.7. The smallest absolute Gasteiger partial charge is 0.264 e. The SMILES string of the molecule is COc1c(S(=O)(=O)Cl)ccc(F)c1C. The van der Waals surface area contributed by atoms with Crippen molar-refractivity contribution < 1.29 is 17.5 Å². The summed E-state index contributed by atoms with van der Waals surface area (Å²) in [4.78, 5) is -0.222. The molecule has 78 valence electrons. The third-order valence-electron chi connectivity index (χ3n) is 1.77. The number of halogens is 2. The van der Waals surface area contributed by atoms with Crippen molar-refractivity contribution in [2.24, 2.45) is 0 Å². The molecule has 0 aliphatic heterocycles. The van der Waals surface area contributed by atoms with Gasteiger partial charge in [-0.3, -0.25) is 0 Å². The Morgan fingerprint density at radius 3 is 2.43 bits per heavy atom. The number of ether oxygens (including phenoxy) is 1. The summed E-state index contributed by atoms with van der Waals surface area (Å²) in [5, 5.41) is 0. The third kappa shape index (κ3) is 1.99. The number of benzene rings is 1. The maximum absolute atomic E-state index is 13.0. The summed E-state index contributed by atoms with van der Waals surface area (Å²) >= 11 is 0. The highest BCUT2D eigenvalue weighted by molar-refractivity contribution is 8.13. The van der Waals surface area contributed by atoms with Crippen molar-refractivity contribution >= 4 is 19.7 Å². The Hall–Kier alpha value is -0.810. The molecule has 0 N–H and O–H groups in total. The fourth-order valence-corrected chi connectivity index (χ4v) is 2.14. The largest absolute Gasteiger partial charge is 0.495 e. The van der Waals surface area contributed by atoms with Gasteiger partial charge in [0, 0.05) is 16.2 Å². The first-order valence-electron chi connectivity index (χ1n) is 3.65. The summed E-state index contributed by atoms with van der Waals surface area (Å²) in [5.41, 5.74) is 0.120. The van der Waals surface area contributed by atoms with E-state index in [0.29, 0.717) is 0 Å². The molecule has 6 heteroatoms. The van der Waals surface area contributed by atoms with E-state index in [2.05, 4.69) is 0 Å². The van der Waals surface area contributed by atoms with Crippen LogP contribution < -0.4 is 4.74 Å². The Morgan fingerprint density at radius 1 is 1.43 bits per heavy atom. The molecule has 3 nitrogen and oxygen atoms in total. The van der Waals surface area contributed by atoms with Crippen molar-refractivity contribution in [3.8, 4) is 5.75 Å². The number of methoxy groups -OCH3 is 1. The van der Waals surface area contributed by atoms with Gasteiger partial charge in [0.15, 0.2) is 0 Å². The Kier molecular flexibility index (Phi) is 3.01. The Balaban J connectivity index is 3.55. The zero-order valence-corrected chi connectivity index (χ0v) is 9.12. The van der Waals surface area contributed by atoms with Gasteiger partial charge in [0.2, 0.25) is 0 Å². The maximum atomic E-state index is 13.0. The van der Waals surface area contributed by atoms with Crippen LogP contribution in [-0.2, 0) is 9.05 Å². The van der Waals surface area contributed by atoms with Crippen LogP contribution in [0.1, 0.15) is 5.56 Å². The summed E-state index contributed by atoms with van der Waals surface area (Å²) in [5.74, 6) is -0.592. The van der Waals surface area contributed by atoms with Gasteiger partial charge in [-0.25, -0.2) is 12.8 Å². The van der Waals surface area contributed by atoms with E-state index in [0.717, 1.165) is 12.1 Å². The summed E-state index contributed by atoms with van der Waals surface area (Å²) in [6.45, 7) is 1.42. The van der Waals surface area contributed by atoms with E-state index < -0.39 is 14.9 Å². The lowest BCUT2D eigenvalue weighted by atomic mass is 10.2. The fourth-order valence-electron chi connectivity index (χ4n) is 1.09. The molecular weight excluding hydrogens is 231 g/mol. The first-order chi connectivity index (χ1) is 6.38. The molecule has 14 heavy (non-hydrogen) atoms. The molecule has 0 aromatic heterocycles. The Labute approximate surface area is 85.9 Å². The standard InChI is InChI=1S/C8H8ClFO3S/c1-5-6(10)3-4-7(8(5)13-2)14(9,11)12/h3-4H,1-2H3. The quantitative estimate of drug-likeness (QED) is 0.741.